The van der Waals surface area contributed by atoms with E-state index in [1.54, 1.807) is 66.7 Å². The number of hydrogen-bond donors (Lipinski definition) is 2. The van der Waals surface area contributed by atoms with E-state index >= 15 is 4.79 Å². The van der Waals surface area contributed by atoms with Gasteiger partial charge in [-0.3, -0.25) is 29.5 Å². The number of nitrogens with zero attached hydrogens (tertiary/aromatic N) is 2. The molecule has 3 fully saturated rings. The summed E-state index contributed by atoms with van der Waals surface area (Å²) in [5.74, 6) is -6.82. The van der Waals surface area contributed by atoms with Gasteiger partial charge in [-0.1, -0.05) is 76.1 Å². The Morgan fingerprint density at radius 3 is 2.32 bits per heavy atom. The summed E-state index contributed by atoms with van der Waals surface area (Å²) < 4.78 is 20.0. The fourth-order valence-electron chi connectivity index (χ4n) is 8.98. The molecule has 268 valence electrons. The van der Waals surface area contributed by atoms with E-state index in [9.17, 15) is 23.9 Å². The van der Waals surface area contributed by atoms with E-state index in [1.165, 1.54) is 36.3 Å². The molecule has 4 aliphatic rings. The van der Waals surface area contributed by atoms with Crippen molar-refractivity contribution in [1.29, 1.82) is 0 Å². The number of halogens is 3. The average molecular weight is 797 g/mol. The molecule has 0 spiro atoms. The van der Waals surface area contributed by atoms with Gasteiger partial charge in [0.05, 0.1) is 41.7 Å². The second-order valence-corrected chi connectivity index (χ2v) is 15.1. The number of fused-ring (bicyclic) bond motifs is 4. The van der Waals surface area contributed by atoms with Crippen molar-refractivity contribution in [2.75, 3.05) is 17.4 Å². The highest BCUT2D eigenvalue weighted by atomic mass is 79.9. The number of methoxy groups -OCH3 is 1. The summed E-state index contributed by atoms with van der Waals surface area (Å²) in [5.41, 5.74) is 4.23. The first kappa shape index (κ1) is 34.8. The molecule has 2 saturated heterocycles. The summed E-state index contributed by atoms with van der Waals surface area (Å²) in [6.07, 6.45) is 3.82. The molecule has 8 rings (SSSR count). The van der Waals surface area contributed by atoms with Crippen molar-refractivity contribution in [3.8, 4) is 11.5 Å². The second-order valence-electron chi connectivity index (χ2n) is 13.7. The predicted octanol–water partition coefficient (Wildman–Crippen LogP) is 7.79. The van der Waals surface area contributed by atoms with Gasteiger partial charge < -0.3 is 9.84 Å². The van der Waals surface area contributed by atoms with E-state index in [-0.39, 0.29) is 30.2 Å². The Morgan fingerprint density at radius 1 is 0.962 bits per heavy atom. The largest absolute Gasteiger partial charge is 0.504 e. The fraction of sp³-hybridized carbons (Fsp3) is 0.220. The van der Waals surface area contributed by atoms with E-state index in [4.69, 9.17) is 16.3 Å². The minimum Gasteiger partial charge on any atom is -0.504 e. The molecule has 1 saturated carbocycles. The number of imide groups is 2. The molecule has 53 heavy (non-hydrogen) atoms. The molecule has 0 bridgehead atoms. The maximum absolute atomic E-state index is 15.3. The van der Waals surface area contributed by atoms with Gasteiger partial charge in [-0.05, 0) is 90.6 Å². The van der Waals surface area contributed by atoms with E-state index in [0.29, 0.717) is 37.6 Å². The molecule has 4 amide bonds. The van der Waals surface area contributed by atoms with Crippen LogP contribution in [-0.2, 0) is 24.6 Å². The Balaban J connectivity index is 1.34. The van der Waals surface area contributed by atoms with E-state index < -0.39 is 58.5 Å². The first-order chi connectivity index (χ1) is 25.5. The average Bonchev–Trinajstić information content (AvgIpc) is 3.54. The molecule has 4 aromatic rings. The van der Waals surface area contributed by atoms with Gasteiger partial charge >= 0.3 is 0 Å². The van der Waals surface area contributed by atoms with Crippen LogP contribution in [-0.4, -0.2) is 40.9 Å². The van der Waals surface area contributed by atoms with Gasteiger partial charge in [-0.15, -0.1) is 0 Å². The van der Waals surface area contributed by atoms with Crippen molar-refractivity contribution in [2.24, 2.45) is 23.7 Å². The number of nitrogens with one attached hydrogen (secondary N) is 1. The zero-order chi connectivity index (χ0) is 37.3. The number of benzene rings is 4. The summed E-state index contributed by atoms with van der Waals surface area (Å²) in [6, 6.07) is 22.2. The lowest BCUT2D eigenvalue weighted by atomic mass is 9.49. The number of hydrazine groups is 1. The maximum Gasteiger partial charge on any atom is 0.260 e. The van der Waals surface area contributed by atoms with Gasteiger partial charge in [0.2, 0.25) is 11.8 Å². The number of phenolic OH excluding ortho intramolecular Hbond substituents is 1. The van der Waals surface area contributed by atoms with Crippen molar-refractivity contribution in [1.82, 2.24) is 5.01 Å². The lowest BCUT2D eigenvalue weighted by molar-refractivity contribution is -0.138. The Hall–Kier alpha value is -5.26. The van der Waals surface area contributed by atoms with Crippen molar-refractivity contribution in [2.45, 2.75) is 24.2 Å². The van der Waals surface area contributed by atoms with Crippen LogP contribution in [0.15, 0.2) is 108 Å². The molecule has 2 N–H and O–H groups in total. The highest BCUT2D eigenvalue weighted by Crippen LogP contribution is 2.65. The third-order valence-electron chi connectivity index (χ3n) is 11.2. The number of allylic oxidation sites excluding steroid dienone is 2. The van der Waals surface area contributed by atoms with Crippen LogP contribution >= 0.6 is 27.5 Å². The number of hydrogen-bond acceptors (Lipinski definition) is 7. The molecule has 9 nitrogen and oxygen atoms in total. The van der Waals surface area contributed by atoms with Gasteiger partial charge in [0.25, 0.3) is 11.8 Å². The first-order valence-corrected chi connectivity index (χ1v) is 18.2. The zero-order valence-corrected chi connectivity index (χ0v) is 30.6. The topological polar surface area (TPSA) is 116 Å². The number of carbonyl (C=O) groups excluding carboxylic acids is 4. The van der Waals surface area contributed by atoms with Crippen molar-refractivity contribution < 1.29 is 33.4 Å². The summed E-state index contributed by atoms with van der Waals surface area (Å²) in [4.78, 5) is 60.0. The lowest BCUT2D eigenvalue weighted by Crippen LogP contribution is -2.53. The predicted molar refractivity (Wildman–Crippen MR) is 200 cm³/mol. The third-order valence-corrected chi connectivity index (χ3v) is 12.0. The molecule has 2 heterocycles. The van der Waals surface area contributed by atoms with E-state index in [1.807, 2.05) is 6.08 Å². The Morgan fingerprint density at radius 2 is 1.66 bits per heavy atom. The molecule has 2 aliphatic heterocycles. The van der Waals surface area contributed by atoms with Gasteiger partial charge in [0, 0.05) is 21.0 Å². The number of carbonyl (C=O) groups is 4. The van der Waals surface area contributed by atoms with Crippen LogP contribution in [0.2, 0.25) is 5.02 Å². The van der Waals surface area contributed by atoms with Gasteiger partial charge in [0.15, 0.2) is 11.5 Å². The smallest absolute Gasteiger partial charge is 0.260 e. The highest BCUT2D eigenvalue weighted by Gasteiger charge is 2.70. The molecule has 6 atom stereocenters. The number of rotatable bonds is 7. The van der Waals surface area contributed by atoms with Gasteiger partial charge in [-0.25, -0.2) is 4.39 Å². The number of aromatic hydroxyl groups is 1. The molecule has 2 aliphatic carbocycles. The Kier molecular flexibility index (Phi) is 8.54. The molecular weight excluding hydrogens is 765 g/mol. The minimum absolute atomic E-state index is 0.0481. The van der Waals surface area contributed by atoms with E-state index in [2.05, 4.69) is 27.9 Å². The van der Waals surface area contributed by atoms with Crippen LogP contribution in [0.25, 0.3) is 6.08 Å². The Bertz CT molecular complexity index is 2250. The summed E-state index contributed by atoms with van der Waals surface area (Å²) in [5, 5.41) is 13.2. The number of ether oxygens (including phenoxy) is 1. The zero-order valence-electron chi connectivity index (χ0n) is 28.3. The van der Waals surface area contributed by atoms with E-state index in [0.717, 1.165) is 10.6 Å². The normalized spacial score (nSPS) is 26.2. The molecule has 0 aromatic heterocycles. The van der Waals surface area contributed by atoms with Crippen molar-refractivity contribution >= 4 is 68.6 Å². The van der Waals surface area contributed by atoms with Crippen LogP contribution in [0, 0.1) is 29.5 Å². The fourth-order valence-corrected chi connectivity index (χ4v) is 9.56. The van der Waals surface area contributed by atoms with Crippen LogP contribution in [0.4, 0.5) is 15.8 Å². The monoisotopic (exact) mass is 795 g/mol. The highest BCUT2D eigenvalue weighted by molar-refractivity contribution is 9.10. The number of anilines is 2. The summed E-state index contributed by atoms with van der Waals surface area (Å²) in [7, 11) is 1.41. The van der Waals surface area contributed by atoms with Crippen LogP contribution in [0.1, 0.15) is 35.4 Å². The van der Waals surface area contributed by atoms with Crippen LogP contribution in [0.5, 0.6) is 11.5 Å². The SMILES string of the molecule is C=Cc1ccc(N2C(=O)C3CC=C4C(CC5C(=O)N(Nc6ccc(F)cc6)C(=O)C5(c5ccc(Cl)cc5)C4c4cc(Br)cc(OC)c4O)C3C2=O)cc1. The summed E-state index contributed by atoms with van der Waals surface area (Å²) >= 11 is 9.92. The first-order valence-electron chi connectivity index (χ1n) is 17.0. The number of amides is 4. The summed E-state index contributed by atoms with van der Waals surface area (Å²) in [6.45, 7) is 3.78. The molecule has 6 unspecified atom stereocenters. The number of phenols is 1. The lowest BCUT2D eigenvalue weighted by Gasteiger charge is -2.50. The van der Waals surface area contributed by atoms with Gasteiger partial charge in [-0.2, -0.15) is 5.01 Å². The maximum atomic E-state index is 15.3. The molecule has 0 radical (unpaired) electrons. The standard InChI is InChI=1S/C41H32BrClFN3O6/c1-3-21-4-14-27(15-5-21)46-37(49)29-17-16-28-30(34(29)39(46)51)20-32-38(50)47(45-26-12-10-25(44)11-13-26)40(52)41(32,22-6-8-24(43)9-7-22)35(28)31-18-23(42)19-33(53-2)36(31)48/h3-16,18-19,29-30,32,34-35,45,48H,1,17,20H2,2H3. The Labute approximate surface area is 317 Å². The molecular formula is C41H32BrClFN3O6. The molecule has 12 heteroatoms. The van der Waals surface area contributed by atoms with Gasteiger partial charge in [0.1, 0.15) is 5.82 Å². The third kappa shape index (κ3) is 5.23. The van der Waals surface area contributed by atoms with Crippen LogP contribution < -0.4 is 15.1 Å². The minimum atomic E-state index is -1.67. The molecule has 4 aromatic carbocycles. The van der Waals surface area contributed by atoms with Crippen molar-refractivity contribution in [3.63, 3.8) is 0 Å². The second kappa shape index (κ2) is 13.0. The van der Waals surface area contributed by atoms with Crippen molar-refractivity contribution in [3.05, 3.63) is 135 Å². The van der Waals surface area contributed by atoms with Crippen LogP contribution in [0.3, 0.4) is 0 Å². The quantitative estimate of drug-likeness (QED) is 0.145.